The minimum absolute atomic E-state index is 0.891. The van der Waals surface area contributed by atoms with E-state index in [-0.39, 0.29) is 0 Å². The largest absolute Gasteiger partial charge is 0.368 e. The molecule has 0 aliphatic carbocycles. The number of benzene rings is 1. The van der Waals surface area contributed by atoms with Crippen molar-refractivity contribution in [2.75, 3.05) is 32.5 Å². The summed E-state index contributed by atoms with van der Waals surface area (Å²) in [4.78, 5) is 13.7. The minimum atomic E-state index is 0.891. The zero-order valence-electron chi connectivity index (χ0n) is 12.8. The average molecular weight is 284 g/mol. The van der Waals surface area contributed by atoms with Gasteiger partial charge in [0.25, 0.3) is 0 Å². The van der Waals surface area contributed by atoms with Gasteiger partial charge in [0.1, 0.15) is 17.4 Å². The van der Waals surface area contributed by atoms with Crippen LogP contribution in [0.5, 0.6) is 0 Å². The zero-order valence-corrected chi connectivity index (χ0v) is 12.8. The second kappa shape index (κ2) is 5.69. The molecule has 0 aliphatic heterocycles. The third-order valence-electron chi connectivity index (χ3n) is 3.68. The Morgan fingerprint density at radius 1 is 1.24 bits per heavy atom. The molecule has 0 unspecified atom stereocenters. The molecule has 5 heteroatoms. The van der Waals surface area contributed by atoms with Crippen molar-refractivity contribution >= 4 is 27.8 Å². The highest BCUT2D eigenvalue weighted by Gasteiger charge is 2.10. The van der Waals surface area contributed by atoms with Crippen LogP contribution < -0.4 is 10.2 Å². The van der Waals surface area contributed by atoms with Crippen LogP contribution in [-0.4, -0.2) is 42.1 Å². The Morgan fingerprint density at radius 3 is 2.90 bits per heavy atom. The molecule has 0 atom stereocenters. The van der Waals surface area contributed by atoms with Gasteiger partial charge >= 0.3 is 0 Å². The number of aromatic nitrogens is 3. The summed E-state index contributed by atoms with van der Waals surface area (Å²) in [5.74, 6) is 0.891. The molecule has 110 valence electrons. The van der Waals surface area contributed by atoms with Gasteiger partial charge in [0, 0.05) is 23.9 Å². The van der Waals surface area contributed by atoms with Gasteiger partial charge in [-0.15, -0.1) is 0 Å². The normalized spacial score (nSPS) is 11.6. The number of aryl methyl sites for hydroxylation is 1. The maximum absolute atomic E-state index is 4.44. The molecule has 1 aromatic carbocycles. The number of rotatable bonds is 5. The number of fused-ring (bicyclic) bond motifs is 3. The first kappa shape index (κ1) is 13.8. The first-order valence-corrected chi connectivity index (χ1v) is 7.41. The second-order valence-corrected chi connectivity index (χ2v) is 5.86. The summed E-state index contributed by atoms with van der Waals surface area (Å²) in [5, 5.41) is 4.58. The molecular formula is C16H22N5+. The third kappa shape index (κ3) is 2.83. The highest BCUT2D eigenvalue weighted by Crippen LogP contribution is 2.27. The van der Waals surface area contributed by atoms with Crippen LogP contribution in [0.1, 0.15) is 12.0 Å². The minimum Gasteiger partial charge on any atom is -0.368 e. The number of nitrogens with one attached hydrogen (secondary N) is 3. The molecule has 0 saturated carbocycles. The highest BCUT2D eigenvalue weighted by atomic mass is 15.1. The van der Waals surface area contributed by atoms with Gasteiger partial charge in [-0.05, 0) is 19.1 Å². The second-order valence-electron chi connectivity index (χ2n) is 5.86. The maximum atomic E-state index is 4.44. The van der Waals surface area contributed by atoms with Gasteiger partial charge in [-0.2, -0.15) is 0 Å². The van der Waals surface area contributed by atoms with E-state index in [2.05, 4.69) is 59.5 Å². The number of hydrogen-bond acceptors (Lipinski definition) is 3. The molecule has 21 heavy (non-hydrogen) atoms. The van der Waals surface area contributed by atoms with Crippen LogP contribution in [0, 0.1) is 6.92 Å². The quantitative estimate of drug-likeness (QED) is 0.620. The fourth-order valence-corrected chi connectivity index (χ4v) is 2.59. The van der Waals surface area contributed by atoms with Crippen LogP contribution in [0.4, 0.5) is 5.82 Å². The van der Waals surface area contributed by atoms with E-state index in [4.69, 9.17) is 0 Å². The van der Waals surface area contributed by atoms with Crippen molar-refractivity contribution in [3.05, 3.63) is 30.1 Å². The predicted molar refractivity (Wildman–Crippen MR) is 86.9 cm³/mol. The fraction of sp³-hybridized carbons (Fsp3) is 0.375. The van der Waals surface area contributed by atoms with Crippen LogP contribution in [0.2, 0.25) is 0 Å². The standard InChI is InChI=1S/C16H21N5/c1-11-5-6-13-12(9-11)14-15(20-13)16(19-10-18-14)17-7-4-8-21(2)3/h5-6,9-10,20H,4,7-8H2,1-3H3,(H,17,18,19)/p+1. The molecule has 2 heterocycles. The monoisotopic (exact) mass is 284 g/mol. The van der Waals surface area contributed by atoms with Gasteiger partial charge in [0.15, 0.2) is 5.82 Å². The summed E-state index contributed by atoms with van der Waals surface area (Å²) >= 11 is 0. The van der Waals surface area contributed by atoms with E-state index in [1.807, 2.05) is 0 Å². The summed E-state index contributed by atoms with van der Waals surface area (Å²) < 4.78 is 0. The zero-order chi connectivity index (χ0) is 14.8. The highest BCUT2D eigenvalue weighted by molar-refractivity contribution is 6.08. The van der Waals surface area contributed by atoms with Gasteiger partial charge in [0.05, 0.1) is 20.6 Å². The molecule has 0 aliphatic rings. The summed E-state index contributed by atoms with van der Waals surface area (Å²) in [5.41, 5.74) is 4.34. The van der Waals surface area contributed by atoms with Crippen molar-refractivity contribution < 1.29 is 4.90 Å². The molecule has 3 aromatic rings. The lowest BCUT2D eigenvalue weighted by Crippen LogP contribution is -3.05. The summed E-state index contributed by atoms with van der Waals surface area (Å²) in [6.07, 6.45) is 2.75. The first-order chi connectivity index (χ1) is 10.1. The van der Waals surface area contributed by atoms with Crippen molar-refractivity contribution in [1.82, 2.24) is 15.0 Å². The molecule has 5 nitrogen and oxygen atoms in total. The fourth-order valence-electron chi connectivity index (χ4n) is 2.59. The average Bonchev–Trinajstić information content (AvgIpc) is 2.82. The number of nitrogens with zero attached hydrogens (tertiary/aromatic N) is 2. The smallest absolute Gasteiger partial charge is 0.153 e. The molecule has 0 fully saturated rings. The number of H-pyrrole nitrogens is 1. The van der Waals surface area contributed by atoms with E-state index < -0.39 is 0 Å². The Morgan fingerprint density at radius 2 is 2.10 bits per heavy atom. The van der Waals surface area contributed by atoms with Crippen molar-refractivity contribution in [2.24, 2.45) is 0 Å². The summed E-state index contributed by atoms with van der Waals surface area (Å²) in [6, 6.07) is 6.38. The number of quaternary nitrogens is 1. The molecule has 2 aromatic heterocycles. The van der Waals surface area contributed by atoms with Crippen LogP contribution >= 0.6 is 0 Å². The van der Waals surface area contributed by atoms with E-state index in [1.54, 1.807) is 6.33 Å². The van der Waals surface area contributed by atoms with E-state index >= 15 is 0 Å². The molecule has 0 radical (unpaired) electrons. The SMILES string of the molecule is Cc1ccc2[nH]c3c(NCCC[NH+](C)C)ncnc3c2c1. The van der Waals surface area contributed by atoms with E-state index in [0.29, 0.717) is 0 Å². The Hall–Kier alpha value is -2.14. The van der Waals surface area contributed by atoms with Crippen LogP contribution in [0.3, 0.4) is 0 Å². The summed E-state index contributed by atoms with van der Waals surface area (Å²) in [7, 11) is 4.34. The summed E-state index contributed by atoms with van der Waals surface area (Å²) in [6.45, 7) is 4.17. The molecule has 3 N–H and O–H groups in total. The van der Waals surface area contributed by atoms with Crippen LogP contribution in [-0.2, 0) is 0 Å². The Labute approximate surface area is 124 Å². The Balaban J connectivity index is 1.91. The van der Waals surface area contributed by atoms with Gasteiger partial charge in [0.2, 0.25) is 0 Å². The van der Waals surface area contributed by atoms with Gasteiger partial charge in [-0.3, -0.25) is 0 Å². The Kier molecular flexibility index (Phi) is 3.75. The van der Waals surface area contributed by atoms with Crippen molar-refractivity contribution in [2.45, 2.75) is 13.3 Å². The van der Waals surface area contributed by atoms with E-state index in [9.17, 15) is 0 Å². The lowest BCUT2D eigenvalue weighted by atomic mass is 10.1. The molecule has 3 rings (SSSR count). The van der Waals surface area contributed by atoms with Crippen molar-refractivity contribution in [3.63, 3.8) is 0 Å². The molecule has 0 bridgehead atoms. The van der Waals surface area contributed by atoms with E-state index in [0.717, 1.165) is 47.3 Å². The molecule has 0 saturated heterocycles. The van der Waals surface area contributed by atoms with Crippen molar-refractivity contribution in [1.29, 1.82) is 0 Å². The van der Waals surface area contributed by atoms with E-state index in [1.165, 1.54) is 10.5 Å². The molecular weight excluding hydrogens is 262 g/mol. The third-order valence-corrected chi connectivity index (χ3v) is 3.68. The Bertz CT molecular complexity index is 760. The van der Waals surface area contributed by atoms with Crippen molar-refractivity contribution in [3.8, 4) is 0 Å². The first-order valence-electron chi connectivity index (χ1n) is 7.41. The molecule has 0 spiro atoms. The van der Waals surface area contributed by atoms with Crippen LogP contribution in [0.15, 0.2) is 24.5 Å². The lowest BCUT2D eigenvalue weighted by Gasteiger charge is -2.08. The van der Waals surface area contributed by atoms with Gasteiger partial charge in [-0.25, -0.2) is 9.97 Å². The van der Waals surface area contributed by atoms with Crippen LogP contribution in [0.25, 0.3) is 21.9 Å². The molecule has 0 amide bonds. The number of aromatic amines is 1. The topological polar surface area (TPSA) is 58.0 Å². The van der Waals surface area contributed by atoms with Gasteiger partial charge < -0.3 is 15.2 Å². The number of anilines is 1. The number of hydrogen-bond donors (Lipinski definition) is 3. The lowest BCUT2D eigenvalue weighted by molar-refractivity contribution is -0.858. The maximum Gasteiger partial charge on any atom is 0.153 e. The van der Waals surface area contributed by atoms with Gasteiger partial charge in [-0.1, -0.05) is 11.6 Å². The predicted octanol–water partition coefficient (Wildman–Crippen LogP) is 1.37.